The Kier molecular flexibility index (Phi) is 6.66. The van der Waals surface area contributed by atoms with Crippen LogP contribution in [0.15, 0.2) is 54.6 Å². The highest BCUT2D eigenvalue weighted by Crippen LogP contribution is 2.36. The van der Waals surface area contributed by atoms with Crippen molar-refractivity contribution in [3.8, 4) is 17.3 Å². The number of carbonyl (C=O) groups excluding carboxylic acids is 1. The summed E-state index contributed by atoms with van der Waals surface area (Å²) in [7, 11) is 0. The molecule has 0 radical (unpaired) electrons. The molecule has 0 saturated heterocycles. The third-order valence-corrected chi connectivity index (χ3v) is 5.79. The summed E-state index contributed by atoms with van der Waals surface area (Å²) in [5.74, 6) is 1.66. The Bertz CT molecular complexity index is 1120. The van der Waals surface area contributed by atoms with Gasteiger partial charge in [0.1, 0.15) is 5.75 Å². The van der Waals surface area contributed by atoms with Crippen LogP contribution in [0.25, 0.3) is 5.69 Å². The van der Waals surface area contributed by atoms with Crippen LogP contribution in [0.3, 0.4) is 0 Å². The fraction of sp³-hybridized carbons (Fsp3) is 0.385. The van der Waals surface area contributed by atoms with Crippen molar-refractivity contribution in [2.24, 2.45) is 5.92 Å². The maximum atomic E-state index is 13.2. The zero-order chi connectivity index (χ0) is 23.6. The summed E-state index contributed by atoms with van der Waals surface area (Å²) in [5.41, 5.74) is 2.23. The van der Waals surface area contributed by atoms with E-state index in [1.165, 1.54) is 0 Å². The Hall–Kier alpha value is -2.99. The van der Waals surface area contributed by atoms with Crippen molar-refractivity contribution in [3.63, 3.8) is 0 Å². The molecule has 33 heavy (non-hydrogen) atoms. The number of carbonyl (C=O) groups is 1. The quantitative estimate of drug-likeness (QED) is 0.441. The Morgan fingerprint density at radius 1 is 1.15 bits per heavy atom. The van der Waals surface area contributed by atoms with Gasteiger partial charge in [0.2, 0.25) is 5.88 Å². The number of halogens is 1. The molecule has 1 aliphatic rings. The number of ether oxygens (including phenoxy) is 1. The second-order valence-corrected chi connectivity index (χ2v) is 10.1. The Balaban J connectivity index is 1.73. The number of hydrogen-bond acceptors (Lipinski definition) is 3. The van der Waals surface area contributed by atoms with Gasteiger partial charge in [-0.2, -0.15) is 5.10 Å². The smallest absolute Gasteiger partial charge is 0.318 e. The van der Waals surface area contributed by atoms with Crippen LogP contribution in [0.2, 0.25) is 5.02 Å². The van der Waals surface area contributed by atoms with Crippen molar-refractivity contribution >= 4 is 17.6 Å². The molecule has 7 heteroatoms. The summed E-state index contributed by atoms with van der Waals surface area (Å²) in [6, 6.07) is 17.1. The van der Waals surface area contributed by atoms with Gasteiger partial charge in [-0.1, -0.05) is 41.9 Å². The van der Waals surface area contributed by atoms with Crippen LogP contribution in [0.5, 0.6) is 11.6 Å². The average Bonchev–Trinajstić information content (AvgIpc) is 3.53. The molecule has 6 nitrogen and oxygen atoms in total. The average molecular weight is 467 g/mol. The van der Waals surface area contributed by atoms with E-state index < -0.39 is 0 Å². The molecule has 1 N–H and O–H groups in total. The van der Waals surface area contributed by atoms with E-state index in [1.807, 2.05) is 81.1 Å². The van der Waals surface area contributed by atoms with Gasteiger partial charge in [0.05, 0.1) is 28.5 Å². The number of aryl methyl sites for hydroxylation is 1. The van der Waals surface area contributed by atoms with Gasteiger partial charge in [0.15, 0.2) is 0 Å². The molecule has 4 rings (SSSR count). The fourth-order valence-electron chi connectivity index (χ4n) is 3.62. The Morgan fingerprint density at radius 2 is 1.82 bits per heavy atom. The van der Waals surface area contributed by atoms with Crippen molar-refractivity contribution in [1.29, 1.82) is 0 Å². The van der Waals surface area contributed by atoms with Crippen LogP contribution in [-0.4, -0.2) is 32.8 Å². The van der Waals surface area contributed by atoms with Crippen molar-refractivity contribution in [3.05, 3.63) is 70.9 Å². The zero-order valence-electron chi connectivity index (χ0n) is 19.6. The fourth-order valence-corrected chi connectivity index (χ4v) is 3.80. The second-order valence-electron chi connectivity index (χ2n) is 9.65. The molecule has 1 saturated carbocycles. The van der Waals surface area contributed by atoms with Gasteiger partial charge in [-0.25, -0.2) is 9.48 Å². The largest absolute Gasteiger partial charge is 0.437 e. The molecule has 2 amide bonds. The first-order valence-corrected chi connectivity index (χ1v) is 11.7. The van der Waals surface area contributed by atoms with Gasteiger partial charge in [0.25, 0.3) is 0 Å². The summed E-state index contributed by atoms with van der Waals surface area (Å²) in [4.78, 5) is 15.0. The number of nitrogens with one attached hydrogen (secondary N) is 1. The standard InChI is InChI=1S/C26H31ClN4O2/c1-18-21(17-30(16-19-14-15-19)25(32)28-26(2,3)4)24(33-23-13-9-8-12-22(23)27)31(29-18)20-10-6-5-7-11-20/h5-13,19H,14-17H2,1-4H3,(H,28,32). The highest BCUT2D eigenvalue weighted by molar-refractivity contribution is 6.32. The number of para-hydroxylation sites is 2. The van der Waals surface area contributed by atoms with Crippen LogP contribution in [0.1, 0.15) is 44.9 Å². The minimum Gasteiger partial charge on any atom is -0.437 e. The molecule has 1 heterocycles. The summed E-state index contributed by atoms with van der Waals surface area (Å²) in [6.45, 7) is 9.03. The number of aromatic nitrogens is 2. The normalized spacial score (nSPS) is 13.6. The third-order valence-electron chi connectivity index (χ3n) is 5.47. The predicted octanol–water partition coefficient (Wildman–Crippen LogP) is 6.35. The first-order chi connectivity index (χ1) is 15.7. The second kappa shape index (κ2) is 9.48. The van der Waals surface area contributed by atoms with Crippen molar-refractivity contribution in [1.82, 2.24) is 20.0 Å². The maximum Gasteiger partial charge on any atom is 0.318 e. The number of rotatable bonds is 7. The van der Waals surface area contributed by atoms with E-state index in [4.69, 9.17) is 21.4 Å². The Labute approximate surface area is 200 Å². The molecule has 0 spiro atoms. The van der Waals surface area contributed by atoms with Gasteiger partial charge < -0.3 is 15.0 Å². The molecule has 1 aliphatic carbocycles. The molecule has 0 atom stereocenters. The lowest BCUT2D eigenvalue weighted by Crippen LogP contribution is -2.48. The van der Waals surface area contributed by atoms with E-state index in [9.17, 15) is 4.79 Å². The zero-order valence-corrected chi connectivity index (χ0v) is 20.4. The van der Waals surface area contributed by atoms with E-state index in [2.05, 4.69) is 5.32 Å². The SMILES string of the molecule is Cc1nn(-c2ccccc2)c(Oc2ccccc2Cl)c1CN(CC1CC1)C(=O)NC(C)(C)C. The minimum atomic E-state index is -0.320. The third kappa shape index (κ3) is 5.88. The molecule has 3 aromatic rings. The monoisotopic (exact) mass is 466 g/mol. The number of amides is 2. The van der Waals surface area contributed by atoms with E-state index >= 15 is 0 Å². The van der Waals surface area contributed by atoms with E-state index in [-0.39, 0.29) is 11.6 Å². The molecule has 0 unspecified atom stereocenters. The van der Waals surface area contributed by atoms with Gasteiger partial charge in [-0.15, -0.1) is 0 Å². The van der Waals surface area contributed by atoms with Gasteiger partial charge in [-0.05, 0) is 70.7 Å². The molecule has 0 aliphatic heterocycles. The number of nitrogens with zero attached hydrogens (tertiary/aromatic N) is 3. The summed E-state index contributed by atoms with van der Waals surface area (Å²) in [6.07, 6.45) is 2.31. The predicted molar refractivity (Wildman–Crippen MR) is 131 cm³/mol. The van der Waals surface area contributed by atoms with Gasteiger partial charge >= 0.3 is 6.03 Å². The first kappa shape index (κ1) is 23.2. The van der Waals surface area contributed by atoms with Crippen LogP contribution in [-0.2, 0) is 6.54 Å². The van der Waals surface area contributed by atoms with E-state index in [0.717, 1.165) is 29.8 Å². The molecule has 0 bridgehead atoms. The lowest BCUT2D eigenvalue weighted by molar-refractivity contribution is 0.183. The van der Waals surface area contributed by atoms with E-state index in [0.29, 0.717) is 35.7 Å². The molecular formula is C26H31ClN4O2. The molecule has 1 fully saturated rings. The highest BCUT2D eigenvalue weighted by atomic mass is 35.5. The number of urea groups is 1. The van der Waals surface area contributed by atoms with Crippen LogP contribution >= 0.6 is 11.6 Å². The van der Waals surface area contributed by atoms with Crippen LogP contribution in [0, 0.1) is 12.8 Å². The van der Waals surface area contributed by atoms with Crippen molar-refractivity contribution in [2.45, 2.75) is 52.6 Å². The molecular weight excluding hydrogens is 436 g/mol. The molecule has 174 valence electrons. The van der Waals surface area contributed by atoms with E-state index in [1.54, 1.807) is 10.7 Å². The maximum absolute atomic E-state index is 13.2. The highest BCUT2D eigenvalue weighted by Gasteiger charge is 2.31. The minimum absolute atomic E-state index is 0.0787. The first-order valence-electron chi connectivity index (χ1n) is 11.3. The number of hydrogen-bond donors (Lipinski definition) is 1. The molecule has 1 aromatic heterocycles. The lowest BCUT2D eigenvalue weighted by Gasteiger charge is -2.28. The summed E-state index contributed by atoms with van der Waals surface area (Å²) >= 11 is 6.41. The summed E-state index contributed by atoms with van der Waals surface area (Å²) in [5, 5.41) is 8.40. The van der Waals surface area contributed by atoms with Crippen LogP contribution < -0.4 is 10.1 Å². The number of benzene rings is 2. The molecule has 2 aromatic carbocycles. The van der Waals surface area contributed by atoms with Crippen molar-refractivity contribution in [2.75, 3.05) is 6.54 Å². The topological polar surface area (TPSA) is 59.4 Å². The lowest BCUT2D eigenvalue weighted by atomic mass is 10.1. The van der Waals surface area contributed by atoms with Crippen LogP contribution in [0.4, 0.5) is 4.79 Å². The Morgan fingerprint density at radius 3 is 2.45 bits per heavy atom. The van der Waals surface area contributed by atoms with Gasteiger partial charge in [-0.3, -0.25) is 0 Å². The van der Waals surface area contributed by atoms with Crippen molar-refractivity contribution < 1.29 is 9.53 Å². The van der Waals surface area contributed by atoms with Gasteiger partial charge in [0, 0.05) is 12.1 Å². The summed E-state index contributed by atoms with van der Waals surface area (Å²) < 4.78 is 8.14.